The Kier molecular flexibility index (Phi) is 6.78. The number of thiazole rings is 1. The molecule has 11 heteroatoms. The predicted molar refractivity (Wildman–Crippen MR) is 127 cm³/mol. The van der Waals surface area contributed by atoms with E-state index in [0.717, 1.165) is 35.1 Å². The zero-order valence-electron chi connectivity index (χ0n) is 18.7. The van der Waals surface area contributed by atoms with E-state index < -0.39 is 17.6 Å². The molecule has 6 nitrogen and oxygen atoms in total. The molecule has 2 aliphatic rings. The molecule has 1 saturated carbocycles. The summed E-state index contributed by atoms with van der Waals surface area (Å²) in [4.78, 5) is 28.5. The van der Waals surface area contributed by atoms with Gasteiger partial charge in [0.2, 0.25) is 0 Å². The largest absolute Gasteiger partial charge is 0.350 e. The van der Waals surface area contributed by atoms with Gasteiger partial charge in [-0.3, -0.25) is 9.69 Å². The van der Waals surface area contributed by atoms with E-state index in [-0.39, 0.29) is 54.9 Å². The van der Waals surface area contributed by atoms with Gasteiger partial charge < -0.3 is 5.32 Å². The normalized spacial score (nSPS) is 18.9. The summed E-state index contributed by atoms with van der Waals surface area (Å²) in [5.74, 6) is -2.87. The molecule has 1 aliphatic carbocycles. The first-order valence-electron chi connectivity index (χ1n) is 11.4. The first kappa shape index (κ1) is 24.1. The van der Waals surface area contributed by atoms with E-state index in [4.69, 9.17) is 11.6 Å². The number of amides is 1. The van der Waals surface area contributed by atoms with Crippen LogP contribution in [0.2, 0.25) is 5.02 Å². The summed E-state index contributed by atoms with van der Waals surface area (Å²) in [6.07, 6.45) is 5.73. The van der Waals surface area contributed by atoms with Gasteiger partial charge in [-0.05, 0) is 31.0 Å². The van der Waals surface area contributed by atoms with Gasteiger partial charge in [0.15, 0.2) is 11.6 Å². The van der Waals surface area contributed by atoms with E-state index in [0.29, 0.717) is 11.5 Å². The minimum Gasteiger partial charge on any atom is -0.350 e. The highest BCUT2D eigenvalue weighted by Crippen LogP contribution is 2.43. The van der Waals surface area contributed by atoms with Gasteiger partial charge in [0.25, 0.3) is 11.8 Å². The Morgan fingerprint density at radius 3 is 2.57 bits per heavy atom. The van der Waals surface area contributed by atoms with E-state index in [9.17, 15) is 18.0 Å². The second-order valence-corrected chi connectivity index (χ2v) is 10.4. The molecule has 0 bridgehead atoms. The van der Waals surface area contributed by atoms with Crippen molar-refractivity contribution in [3.8, 4) is 11.4 Å². The van der Waals surface area contributed by atoms with Gasteiger partial charge >= 0.3 is 0 Å². The number of benzene rings is 1. The molecule has 1 aliphatic heterocycles. The Balaban J connectivity index is 1.34. The van der Waals surface area contributed by atoms with Gasteiger partial charge in [-0.1, -0.05) is 11.6 Å². The van der Waals surface area contributed by atoms with E-state index >= 15 is 0 Å². The maximum Gasteiger partial charge on any atom is 0.252 e. The maximum absolute atomic E-state index is 13.8. The number of rotatable bonds is 7. The molecule has 1 atom stereocenters. The number of halogens is 4. The summed E-state index contributed by atoms with van der Waals surface area (Å²) in [5, 5.41) is 4.23. The fraction of sp³-hybridized carbons (Fsp3) is 0.417. The van der Waals surface area contributed by atoms with Crippen molar-refractivity contribution in [2.24, 2.45) is 0 Å². The molecule has 35 heavy (non-hydrogen) atoms. The van der Waals surface area contributed by atoms with Crippen LogP contribution in [0.15, 0.2) is 36.8 Å². The van der Waals surface area contributed by atoms with Gasteiger partial charge in [0.1, 0.15) is 0 Å². The molecule has 1 aromatic carbocycles. The van der Waals surface area contributed by atoms with Crippen molar-refractivity contribution in [3.05, 3.63) is 63.1 Å². The molecule has 1 saturated heterocycles. The lowest BCUT2D eigenvalue weighted by molar-refractivity contribution is -0.0629. The molecule has 0 spiro atoms. The summed E-state index contributed by atoms with van der Waals surface area (Å²) < 4.78 is 40.8. The van der Waals surface area contributed by atoms with Crippen LogP contribution in [0.5, 0.6) is 0 Å². The highest BCUT2D eigenvalue weighted by molar-refractivity contribution is 7.11. The summed E-state index contributed by atoms with van der Waals surface area (Å²) in [6, 6.07) is 4.51. The van der Waals surface area contributed by atoms with E-state index in [2.05, 4.69) is 20.3 Å². The molecule has 1 N–H and O–H groups in total. The van der Waals surface area contributed by atoms with Crippen LogP contribution >= 0.6 is 22.9 Å². The third-order valence-electron chi connectivity index (χ3n) is 6.31. The third kappa shape index (κ3) is 5.65. The number of hydrogen-bond donors (Lipinski definition) is 1. The van der Waals surface area contributed by atoms with Crippen molar-refractivity contribution < 1.29 is 18.0 Å². The minimum absolute atomic E-state index is 0.211. The van der Waals surface area contributed by atoms with Gasteiger partial charge in [-0.2, -0.15) is 0 Å². The average molecular weight is 522 g/mol. The smallest absolute Gasteiger partial charge is 0.252 e. The SMILES string of the molecule is O=C(NCC(c1cnc(C2CC2)s1)N1CCC(F)(F)CC1)c1cc(-c2ncc(F)cn2)ccc1Cl. The van der Waals surface area contributed by atoms with E-state index in [1.54, 1.807) is 35.7 Å². The average Bonchev–Trinajstić information content (AvgIpc) is 3.58. The van der Waals surface area contributed by atoms with Crippen LogP contribution in [0.3, 0.4) is 0 Å². The molecule has 1 unspecified atom stereocenters. The van der Waals surface area contributed by atoms with Crippen LogP contribution in [0.4, 0.5) is 13.2 Å². The van der Waals surface area contributed by atoms with E-state index in [1.807, 2.05) is 4.90 Å². The van der Waals surface area contributed by atoms with Crippen molar-refractivity contribution in [3.63, 3.8) is 0 Å². The lowest BCUT2D eigenvalue weighted by Crippen LogP contribution is -2.44. The monoisotopic (exact) mass is 521 g/mol. The number of piperidine rings is 1. The van der Waals surface area contributed by atoms with Gasteiger partial charge in [-0.25, -0.2) is 28.1 Å². The fourth-order valence-electron chi connectivity index (χ4n) is 4.13. The van der Waals surface area contributed by atoms with Gasteiger partial charge in [-0.15, -0.1) is 11.3 Å². The van der Waals surface area contributed by atoms with Crippen LogP contribution in [-0.4, -0.2) is 51.3 Å². The summed E-state index contributed by atoms with van der Waals surface area (Å²) >= 11 is 7.89. The van der Waals surface area contributed by atoms with Crippen molar-refractivity contribution >= 4 is 28.8 Å². The lowest BCUT2D eigenvalue weighted by Gasteiger charge is -2.37. The Labute approximate surface area is 209 Å². The molecule has 2 fully saturated rings. The standard InChI is InChI=1S/C24H23ClF3N5OS/c25-18-4-3-15(21-29-10-16(26)11-30-21)9-17(18)22(34)31-12-19(33-7-5-24(27,28)6-8-33)20-13-32-23(35-20)14-1-2-14/h3-4,9-11,13-14,19H,1-2,5-8,12H2,(H,31,34). The Hall–Kier alpha value is -2.56. The van der Waals surface area contributed by atoms with Crippen LogP contribution in [0, 0.1) is 5.82 Å². The van der Waals surface area contributed by atoms with Gasteiger partial charge in [0, 0.05) is 55.0 Å². The zero-order valence-corrected chi connectivity index (χ0v) is 20.3. The Morgan fingerprint density at radius 1 is 1.17 bits per heavy atom. The predicted octanol–water partition coefficient (Wildman–Crippen LogP) is 5.47. The number of carbonyl (C=O) groups is 1. The highest BCUT2D eigenvalue weighted by Gasteiger charge is 2.37. The van der Waals surface area contributed by atoms with Crippen molar-refractivity contribution in [2.75, 3.05) is 19.6 Å². The van der Waals surface area contributed by atoms with Gasteiger partial charge in [0.05, 0.1) is 34.0 Å². The third-order valence-corrected chi connectivity index (χ3v) is 7.90. The molecule has 5 rings (SSSR count). The molecule has 1 amide bonds. The van der Waals surface area contributed by atoms with Crippen molar-refractivity contribution in [1.82, 2.24) is 25.2 Å². The van der Waals surface area contributed by atoms with Crippen LogP contribution in [-0.2, 0) is 0 Å². The minimum atomic E-state index is -2.66. The number of carbonyl (C=O) groups excluding carboxylic acids is 1. The number of aromatic nitrogens is 3. The molecule has 3 heterocycles. The number of nitrogens with one attached hydrogen (secondary N) is 1. The molecule has 2 aromatic heterocycles. The van der Waals surface area contributed by atoms with Crippen molar-refractivity contribution in [1.29, 1.82) is 0 Å². The first-order chi connectivity index (χ1) is 16.8. The molecular formula is C24H23ClF3N5OS. The summed E-state index contributed by atoms with van der Waals surface area (Å²) in [5.41, 5.74) is 0.745. The second-order valence-electron chi connectivity index (χ2n) is 8.91. The second kappa shape index (κ2) is 9.83. The molecule has 184 valence electrons. The zero-order chi connectivity index (χ0) is 24.6. The molecular weight excluding hydrogens is 499 g/mol. The summed E-state index contributed by atoms with van der Waals surface area (Å²) in [7, 11) is 0. The lowest BCUT2D eigenvalue weighted by atomic mass is 10.0. The number of hydrogen-bond acceptors (Lipinski definition) is 6. The number of nitrogens with zero attached hydrogens (tertiary/aromatic N) is 4. The fourth-order valence-corrected chi connectivity index (χ4v) is 5.56. The molecule has 0 radical (unpaired) electrons. The van der Waals surface area contributed by atoms with Crippen LogP contribution in [0.1, 0.15) is 57.9 Å². The number of likely N-dealkylation sites (tertiary alicyclic amines) is 1. The maximum atomic E-state index is 13.8. The first-order valence-corrected chi connectivity index (χ1v) is 12.6. The highest BCUT2D eigenvalue weighted by atomic mass is 35.5. The van der Waals surface area contributed by atoms with E-state index in [1.165, 1.54) is 0 Å². The quantitative estimate of drug-likeness (QED) is 0.446. The Bertz CT molecular complexity index is 1210. The Morgan fingerprint density at radius 2 is 1.89 bits per heavy atom. The number of alkyl halides is 2. The summed E-state index contributed by atoms with van der Waals surface area (Å²) in [6.45, 7) is 0.703. The van der Waals surface area contributed by atoms with Crippen LogP contribution in [0.25, 0.3) is 11.4 Å². The molecule has 3 aromatic rings. The topological polar surface area (TPSA) is 71.0 Å². The van der Waals surface area contributed by atoms with Crippen LogP contribution < -0.4 is 5.32 Å². The van der Waals surface area contributed by atoms with Crippen molar-refractivity contribution in [2.45, 2.75) is 43.6 Å².